The van der Waals surface area contributed by atoms with E-state index in [9.17, 15) is 28.9 Å². The van der Waals surface area contributed by atoms with Crippen LogP contribution in [0, 0.1) is 25.5 Å². The standard InChI is InChI=1S/C25H26F2N4O4/c1-14-10-16(4-8-21(14)26)24(17-5-9-22(27)15(2)11-17)20(25-28-29-30-31(25)3)7-6-18(32)12-19(33)13-23(34)35/h4-11,18-19,32-33H,12-13H2,1-3H3,(H,34,35)/p-1/b7-6+/t18-,19-/m1/s1. The Balaban J connectivity index is 2.21. The number of carbonyl (C=O) groups is 1. The molecule has 1 aromatic heterocycles. The number of aryl methyl sites for hydroxylation is 3. The molecule has 0 saturated carbocycles. The number of carboxylic acids is 1. The van der Waals surface area contributed by atoms with Crippen molar-refractivity contribution in [3.63, 3.8) is 0 Å². The van der Waals surface area contributed by atoms with E-state index in [0.29, 0.717) is 39.2 Å². The van der Waals surface area contributed by atoms with Gasteiger partial charge in [0.1, 0.15) is 11.6 Å². The number of aromatic nitrogens is 4. The zero-order valence-electron chi connectivity index (χ0n) is 19.4. The third kappa shape index (κ3) is 6.43. The SMILES string of the molecule is Cc1cc(C(=C(/C=C/[C@@H](O)C[C@@H](O)CC(=O)[O-])c2nnnn2C)c2ccc(F)c(C)c2)ccc1F. The Hall–Kier alpha value is -3.76. The number of halogens is 2. The minimum absolute atomic E-state index is 0.241. The molecule has 3 rings (SSSR count). The molecule has 8 nitrogen and oxygen atoms in total. The molecule has 0 fully saturated rings. The molecule has 35 heavy (non-hydrogen) atoms. The molecular formula is C25H25F2N4O4-. The number of aliphatic carboxylic acids is 1. The van der Waals surface area contributed by atoms with Crippen LogP contribution in [0.4, 0.5) is 8.78 Å². The second-order valence-electron chi connectivity index (χ2n) is 8.23. The largest absolute Gasteiger partial charge is 0.550 e. The van der Waals surface area contributed by atoms with Gasteiger partial charge in [-0.15, -0.1) is 5.10 Å². The maximum Gasteiger partial charge on any atom is 0.182 e. The van der Waals surface area contributed by atoms with Crippen molar-refractivity contribution in [2.75, 3.05) is 0 Å². The molecule has 0 unspecified atom stereocenters. The van der Waals surface area contributed by atoms with Crippen LogP contribution in [0.2, 0.25) is 0 Å². The first-order chi connectivity index (χ1) is 16.6. The number of hydrogen-bond donors (Lipinski definition) is 2. The van der Waals surface area contributed by atoms with Gasteiger partial charge in [0, 0.05) is 31.4 Å². The van der Waals surface area contributed by atoms with Crippen LogP contribution in [-0.2, 0) is 11.8 Å². The molecule has 2 aromatic carbocycles. The average molecular weight is 483 g/mol. The van der Waals surface area contributed by atoms with Gasteiger partial charge in [-0.1, -0.05) is 24.3 Å². The van der Waals surface area contributed by atoms with Gasteiger partial charge in [-0.3, -0.25) is 0 Å². The van der Waals surface area contributed by atoms with Gasteiger partial charge in [-0.05, 0) is 76.4 Å². The number of nitrogens with zero attached hydrogens (tertiary/aromatic N) is 4. The molecular weight excluding hydrogens is 458 g/mol. The minimum atomic E-state index is -1.43. The smallest absolute Gasteiger partial charge is 0.182 e. The maximum absolute atomic E-state index is 14.1. The van der Waals surface area contributed by atoms with Crippen LogP contribution in [0.1, 0.15) is 40.9 Å². The lowest BCUT2D eigenvalue weighted by Gasteiger charge is -2.16. The highest BCUT2D eigenvalue weighted by molar-refractivity contribution is 6.01. The Bertz CT molecular complexity index is 1230. The van der Waals surface area contributed by atoms with E-state index in [0.717, 1.165) is 0 Å². The molecule has 0 spiro atoms. The van der Waals surface area contributed by atoms with E-state index < -0.39 is 36.2 Å². The lowest BCUT2D eigenvalue weighted by molar-refractivity contribution is -0.307. The lowest BCUT2D eigenvalue weighted by Crippen LogP contribution is -2.29. The van der Waals surface area contributed by atoms with Crippen molar-refractivity contribution in [3.8, 4) is 0 Å². The van der Waals surface area contributed by atoms with E-state index in [1.165, 1.54) is 29.0 Å². The molecule has 0 amide bonds. The molecule has 184 valence electrons. The number of aliphatic hydroxyl groups excluding tert-OH is 2. The van der Waals surface area contributed by atoms with Gasteiger partial charge < -0.3 is 20.1 Å². The van der Waals surface area contributed by atoms with Gasteiger partial charge in [-0.2, -0.15) is 0 Å². The van der Waals surface area contributed by atoms with E-state index in [-0.39, 0.29) is 6.42 Å². The predicted octanol–water partition coefficient (Wildman–Crippen LogP) is 1.87. The summed E-state index contributed by atoms with van der Waals surface area (Å²) in [4.78, 5) is 10.7. The molecule has 2 N–H and O–H groups in total. The molecule has 0 bridgehead atoms. The minimum Gasteiger partial charge on any atom is -0.550 e. The molecule has 0 aliphatic rings. The first-order valence-electron chi connectivity index (χ1n) is 10.8. The number of aliphatic hydroxyl groups is 2. The molecule has 10 heteroatoms. The second kappa shape index (κ2) is 11.1. The molecule has 1 heterocycles. The third-order valence-corrected chi connectivity index (χ3v) is 5.42. The van der Waals surface area contributed by atoms with E-state index in [4.69, 9.17) is 0 Å². The summed E-state index contributed by atoms with van der Waals surface area (Å²) < 4.78 is 29.5. The van der Waals surface area contributed by atoms with Crippen molar-refractivity contribution in [1.29, 1.82) is 0 Å². The Morgan fingerprint density at radius 1 is 1.09 bits per heavy atom. The average Bonchev–Trinajstić information content (AvgIpc) is 3.20. The van der Waals surface area contributed by atoms with Crippen molar-refractivity contribution in [1.82, 2.24) is 20.2 Å². The number of carbonyl (C=O) groups excluding carboxylic acids is 1. The Labute approximate surface area is 200 Å². The first kappa shape index (κ1) is 25.9. The van der Waals surface area contributed by atoms with Gasteiger partial charge in [-0.25, -0.2) is 13.5 Å². The topological polar surface area (TPSA) is 124 Å². The number of rotatable bonds is 9. The summed E-state index contributed by atoms with van der Waals surface area (Å²) in [6.45, 7) is 3.24. The van der Waals surface area contributed by atoms with Crippen molar-refractivity contribution in [2.24, 2.45) is 7.05 Å². The van der Waals surface area contributed by atoms with Crippen LogP contribution < -0.4 is 5.11 Å². The van der Waals surface area contributed by atoms with Crippen LogP contribution in [0.3, 0.4) is 0 Å². The maximum atomic E-state index is 14.1. The van der Waals surface area contributed by atoms with E-state index in [1.807, 2.05) is 0 Å². The van der Waals surface area contributed by atoms with Crippen molar-refractivity contribution < 1.29 is 28.9 Å². The lowest BCUT2D eigenvalue weighted by atomic mass is 9.90. The summed E-state index contributed by atoms with van der Waals surface area (Å²) in [6.07, 6.45) is -0.454. The van der Waals surface area contributed by atoms with Gasteiger partial charge in [0.2, 0.25) is 0 Å². The number of carboxylic acid groups (broad SMARTS) is 1. The van der Waals surface area contributed by atoms with Crippen LogP contribution in [-0.4, -0.2) is 48.6 Å². The molecule has 2 atom stereocenters. The quantitative estimate of drug-likeness (QED) is 0.445. The summed E-state index contributed by atoms with van der Waals surface area (Å²) in [7, 11) is 1.62. The Morgan fingerprint density at radius 2 is 1.66 bits per heavy atom. The van der Waals surface area contributed by atoms with Gasteiger partial charge in [0.15, 0.2) is 5.82 Å². The van der Waals surface area contributed by atoms with Gasteiger partial charge >= 0.3 is 0 Å². The Kier molecular flexibility index (Phi) is 8.21. The molecule has 0 aliphatic heterocycles. The van der Waals surface area contributed by atoms with Crippen molar-refractivity contribution in [3.05, 3.63) is 88.3 Å². The third-order valence-electron chi connectivity index (χ3n) is 5.42. The van der Waals surface area contributed by atoms with Crippen LogP contribution >= 0.6 is 0 Å². The van der Waals surface area contributed by atoms with E-state index in [1.54, 1.807) is 45.2 Å². The molecule has 0 saturated heterocycles. The number of hydrogen-bond acceptors (Lipinski definition) is 7. The normalized spacial score (nSPS) is 13.1. The fourth-order valence-corrected chi connectivity index (χ4v) is 3.65. The highest BCUT2D eigenvalue weighted by Gasteiger charge is 2.19. The summed E-state index contributed by atoms with van der Waals surface area (Å²) in [5.74, 6) is -1.90. The highest BCUT2D eigenvalue weighted by atomic mass is 19.1. The van der Waals surface area contributed by atoms with Gasteiger partial charge in [0.05, 0.1) is 12.2 Å². The Morgan fingerprint density at radius 3 is 2.11 bits per heavy atom. The summed E-state index contributed by atoms with van der Waals surface area (Å²) in [5.41, 5.74) is 2.97. The van der Waals surface area contributed by atoms with E-state index >= 15 is 0 Å². The van der Waals surface area contributed by atoms with Crippen LogP contribution in [0.25, 0.3) is 11.1 Å². The van der Waals surface area contributed by atoms with Crippen LogP contribution in [0.5, 0.6) is 0 Å². The monoisotopic (exact) mass is 483 g/mol. The number of benzene rings is 2. The van der Waals surface area contributed by atoms with Crippen molar-refractivity contribution in [2.45, 2.75) is 38.9 Å². The highest BCUT2D eigenvalue weighted by Crippen LogP contribution is 2.34. The molecule has 0 radical (unpaired) electrons. The van der Waals surface area contributed by atoms with Crippen LogP contribution in [0.15, 0.2) is 48.6 Å². The predicted molar refractivity (Wildman–Crippen MR) is 122 cm³/mol. The zero-order valence-corrected chi connectivity index (χ0v) is 19.4. The van der Waals surface area contributed by atoms with Gasteiger partial charge in [0.25, 0.3) is 0 Å². The summed E-state index contributed by atoms with van der Waals surface area (Å²) in [6, 6.07) is 9.08. The first-order valence-corrected chi connectivity index (χ1v) is 10.8. The summed E-state index contributed by atoms with van der Waals surface area (Å²) in [5, 5.41) is 42.5. The number of allylic oxidation sites excluding steroid dienone is 2. The molecule has 0 aliphatic carbocycles. The fraction of sp³-hybridized carbons (Fsp3) is 0.280. The summed E-state index contributed by atoms with van der Waals surface area (Å²) >= 11 is 0. The van der Waals surface area contributed by atoms with E-state index in [2.05, 4.69) is 15.5 Å². The van der Waals surface area contributed by atoms with Crippen molar-refractivity contribution >= 4 is 17.1 Å². The second-order valence-corrected chi connectivity index (χ2v) is 8.23. The molecule has 3 aromatic rings. The number of tetrazole rings is 1. The zero-order chi connectivity index (χ0) is 25.7. The fourth-order valence-electron chi connectivity index (χ4n) is 3.65.